The molecular weight excluding hydrogens is 322 g/mol. The number of oxime groups is 1. The maximum absolute atomic E-state index is 12.4. The number of benzene rings is 1. The van der Waals surface area contributed by atoms with Gasteiger partial charge in [0.25, 0.3) is 5.91 Å². The molecule has 0 saturated carbocycles. The number of carbonyl (C=O) groups is 1. The molecule has 5 nitrogen and oxygen atoms in total. The summed E-state index contributed by atoms with van der Waals surface area (Å²) in [6.07, 6.45) is 1.62. The SMILES string of the molecule is CCC1=NO[C@H](CNC(=O)c2cccc(-c3nc(C)c(C)s3)c2)C1. The molecule has 1 N–H and O–H groups in total. The van der Waals surface area contributed by atoms with Gasteiger partial charge in [-0.25, -0.2) is 4.98 Å². The van der Waals surface area contributed by atoms with E-state index < -0.39 is 0 Å². The number of aromatic nitrogens is 1. The molecule has 1 amide bonds. The van der Waals surface area contributed by atoms with Gasteiger partial charge in [-0.3, -0.25) is 4.79 Å². The summed E-state index contributed by atoms with van der Waals surface area (Å²) < 4.78 is 0. The van der Waals surface area contributed by atoms with E-state index in [0.717, 1.165) is 34.8 Å². The van der Waals surface area contributed by atoms with Crippen LogP contribution in [0, 0.1) is 13.8 Å². The molecule has 0 spiro atoms. The molecule has 2 heterocycles. The molecule has 0 bridgehead atoms. The van der Waals surface area contributed by atoms with Crippen LogP contribution in [0.5, 0.6) is 0 Å². The summed E-state index contributed by atoms with van der Waals surface area (Å²) >= 11 is 1.65. The average molecular weight is 343 g/mol. The van der Waals surface area contributed by atoms with Crippen molar-refractivity contribution in [3.63, 3.8) is 0 Å². The average Bonchev–Trinajstić information content (AvgIpc) is 3.19. The first kappa shape index (κ1) is 16.6. The van der Waals surface area contributed by atoms with Gasteiger partial charge in [-0.2, -0.15) is 0 Å². The Kier molecular flexibility index (Phi) is 4.94. The van der Waals surface area contributed by atoms with Gasteiger partial charge in [0.05, 0.1) is 18.0 Å². The van der Waals surface area contributed by atoms with Crippen LogP contribution in [-0.2, 0) is 4.84 Å². The highest BCUT2D eigenvalue weighted by molar-refractivity contribution is 7.15. The summed E-state index contributed by atoms with van der Waals surface area (Å²) in [6.45, 7) is 6.57. The molecule has 2 aromatic rings. The fraction of sp³-hybridized carbons (Fsp3) is 0.389. The number of hydrogen-bond donors (Lipinski definition) is 1. The number of nitrogens with zero attached hydrogens (tertiary/aromatic N) is 2. The van der Waals surface area contributed by atoms with Gasteiger partial charge in [-0.15, -0.1) is 11.3 Å². The first-order valence-electron chi connectivity index (χ1n) is 8.11. The molecule has 6 heteroatoms. The van der Waals surface area contributed by atoms with E-state index in [4.69, 9.17) is 4.84 Å². The zero-order chi connectivity index (χ0) is 17.1. The standard InChI is InChI=1S/C18H21N3O2S/c1-4-15-9-16(23-21-15)10-19-17(22)13-6-5-7-14(8-13)18-20-11(2)12(3)24-18/h5-8,16H,4,9-10H2,1-3H3,(H,19,22)/t16-/m0/s1. The quantitative estimate of drug-likeness (QED) is 0.900. The van der Waals surface area contributed by atoms with Gasteiger partial charge in [0.2, 0.25) is 0 Å². The van der Waals surface area contributed by atoms with Crippen LogP contribution < -0.4 is 5.32 Å². The van der Waals surface area contributed by atoms with Gasteiger partial charge in [-0.05, 0) is 32.4 Å². The predicted molar refractivity (Wildman–Crippen MR) is 96.6 cm³/mol. The van der Waals surface area contributed by atoms with E-state index in [-0.39, 0.29) is 12.0 Å². The molecule has 1 atom stereocenters. The van der Waals surface area contributed by atoms with E-state index in [2.05, 4.69) is 29.3 Å². The Morgan fingerprint density at radius 2 is 2.25 bits per heavy atom. The van der Waals surface area contributed by atoms with Crippen LogP contribution in [-0.4, -0.2) is 29.3 Å². The minimum Gasteiger partial charge on any atom is -0.390 e. The van der Waals surface area contributed by atoms with Crippen LogP contribution in [0.15, 0.2) is 29.4 Å². The van der Waals surface area contributed by atoms with E-state index in [9.17, 15) is 4.79 Å². The molecule has 3 rings (SSSR count). The van der Waals surface area contributed by atoms with E-state index >= 15 is 0 Å². The van der Waals surface area contributed by atoms with Gasteiger partial charge in [0.1, 0.15) is 11.1 Å². The number of thiazole rings is 1. The van der Waals surface area contributed by atoms with Crippen molar-refractivity contribution in [2.45, 2.75) is 39.7 Å². The Morgan fingerprint density at radius 3 is 2.92 bits per heavy atom. The lowest BCUT2D eigenvalue weighted by molar-refractivity contribution is 0.0753. The molecular formula is C18H21N3O2S. The minimum absolute atomic E-state index is 0.0589. The number of aryl methyl sites for hydroxylation is 2. The highest BCUT2D eigenvalue weighted by atomic mass is 32.1. The number of carbonyl (C=O) groups excluding carboxylic acids is 1. The third kappa shape index (κ3) is 3.64. The highest BCUT2D eigenvalue weighted by Gasteiger charge is 2.20. The van der Waals surface area contributed by atoms with Crippen molar-refractivity contribution < 1.29 is 9.63 Å². The van der Waals surface area contributed by atoms with Crippen molar-refractivity contribution in [3.05, 3.63) is 40.4 Å². The molecule has 126 valence electrons. The van der Waals surface area contributed by atoms with Crippen LogP contribution in [0.1, 0.15) is 40.7 Å². The molecule has 0 unspecified atom stereocenters. The lowest BCUT2D eigenvalue weighted by atomic mass is 10.1. The number of rotatable bonds is 5. The van der Waals surface area contributed by atoms with Crippen LogP contribution in [0.25, 0.3) is 10.6 Å². The molecule has 1 aromatic carbocycles. The topological polar surface area (TPSA) is 63.6 Å². The Hall–Kier alpha value is -2.21. The van der Waals surface area contributed by atoms with Gasteiger partial charge < -0.3 is 10.2 Å². The Labute approximate surface area is 145 Å². The Balaban J connectivity index is 1.64. The third-order valence-corrected chi connectivity index (χ3v) is 5.21. The maximum Gasteiger partial charge on any atom is 0.251 e. The minimum atomic E-state index is -0.101. The molecule has 1 aliphatic heterocycles. The van der Waals surface area contributed by atoms with Gasteiger partial charge in [0.15, 0.2) is 0 Å². The summed E-state index contributed by atoms with van der Waals surface area (Å²) in [5.74, 6) is -0.101. The van der Waals surface area contributed by atoms with E-state index in [1.54, 1.807) is 11.3 Å². The van der Waals surface area contributed by atoms with Crippen LogP contribution in [0.2, 0.25) is 0 Å². The summed E-state index contributed by atoms with van der Waals surface area (Å²) in [4.78, 5) is 23.5. The van der Waals surface area contributed by atoms with E-state index in [1.165, 1.54) is 4.88 Å². The van der Waals surface area contributed by atoms with Crippen LogP contribution in [0.4, 0.5) is 0 Å². The van der Waals surface area contributed by atoms with Crippen molar-refractivity contribution in [2.24, 2.45) is 5.16 Å². The van der Waals surface area contributed by atoms with Gasteiger partial charge in [-0.1, -0.05) is 24.2 Å². The molecule has 1 aromatic heterocycles. The monoisotopic (exact) mass is 343 g/mol. The smallest absolute Gasteiger partial charge is 0.251 e. The zero-order valence-electron chi connectivity index (χ0n) is 14.1. The lowest BCUT2D eigenvalue weighted by Gasteiger charge is -2.10. The van der Waals surface area contributed by atoms with Crippen LogP contribution >= 0.6 is 11.3 Å². The molecule has 24 heavy (non-hydrogen) atoms. The second-order valence-corrected chi connectivity index (χ2v) is 7.10. The predicted octanol–water partition coefficient (Wildman–Crippen LogP) is 3.71. The van der Waals surface area contributed by atoms with Crippen LogP contribution in [0.3, 0.4) is 0 Å². The fourth-order valence-electron chi connectivity index (χ4n) is 2.50. The first-order chi connectivity index (χ1) is 11.6. The number of nitrogens with one attached hydrogen (secondary N) is 1. The summed E-state index contributed by atoms with van der Waals surface area (Å²) in [5.41, 5.74) is 3.69. The molecule has 0 saturated heterocycles. The van der Waals surface area contributed by atoms with E-state index in [1.807, 2.05) is 31.2 Å². The summed E-state index contributed by atoms with van der Waals surface area (Å²) in [7, 11) is 0. The highest BCUT2D eigenvalue weighted by Crippen LogP contribution is 2.27. The number of hydrogen-bond acceptors (Lipinski definition) is 5. The maximum atomic E-state index is 12.4. The zero-order valence-corrected chi connectivity index (χ0v) is 14.9. The largest absolute Gasteiger partial charge is 0.390 e. The molecule has 0 radical (unpaired) electrons. The summed E-state index contributed by atoms with van der Waals surface area (Å²) in [6, 6.07) is 7.57. The fourth-order valence-corrected chi connectivity index (χ4v) is 3.41. The third-order valence-electron chi connectivity index (χ3n) is 4.09. The van der Waals surface area contributed by atoms with Crippen molar-refractivity contribution in [1.29, 1.82) is 0 Å². The van der Waals surface area contributed by atoms with Crippen molar-refractivity contribution >= 4 is 23.0 Å². The van der Waals surface area contributed by atoms with E-state index in [0.29, 0.717) is 12.1 Å². The van der Waals surface area contributed by atoms with Gasteiger partial charge in [0, 0.05) is 22.4 Å². The molecule has 1 aliphatic rings. The molecule has 0 aliphatic carbocycles. The first-order valence-corrected chi connectivity index (χ1v) is 8.92. The Morgan fingerprint density at radius 1 is 1.42 bits per heavy atom. The molecule has 0 fully saturated rings. The van der Waals surface area contributed by atoms with Crippen molar-refractivity contribution in [2.75, 3.05) is 6.54 Å². The summed E-state index contributed by atoms with van der Waals surface area (Å²) in [5, 5.41) is 7.88. The second-order valence-electron chi connectivity index (χ2n) is 5.89. The number of amides is 1. The second kappa shape index (κ2) is 7.13. The van der Waals surface area contributed by atoms with Gasteiger partial charge >= 0.3 is 0 Å². The van der Waals surface area contributed by atoms with Crippen molar-refractivity contribution in [3.8, 4) is 10.6 Å². The normalized spacial score (nSPS) is 16.6. The lowest BCUT2D eigenvalue weighted by Crippen LogP contribution is -2.32. The van der Waals surface area contributed by atoms with Crippen molar-refractivity contribution in [1.82, 2.24) is 10.3 Å². The Bertz CT molecular complexity index is 763.